The Morgan fingerprint density at radius 1 is 1.45 bits per heavy atom. The molecule has 1 aromatic carbocycles. The highest BCUT2D eigenvalue weighted by Gasteiger charge is 1.95. The average Bonchev–Trinajstić information content (AvgIpc) is 2.50. The number of hydrogen-bond donors (Lipinski definition) is 1. The molecule has 0 saturated carbocycles. The number of nitrogens with zero attached hydrogens (tertiary/aromatic N) is 1. The fraction of sp³-hybridized carbons (Fsp3) is 0.125. The van der Waals surface area contributed by atoms with Crippen molar-refractivity contribution >= 4 is 26.8 Å². The van der Waals surface area contributed by atoms with Crippen LogP contribution < -0.4 is 0 Å². The second-order valence-electron chi connectivity index (χ2n) is 2.43. The number of fused-ring (bicyclic) bond motifs is 1. The van der Waals surface area contributed by atoms with Gasteiger partial charge in [0.2, 0.25) is 0 Å². The number of alkyl halides is 1. The van der Waals surface area contributed by atoms with Crippen molar-refractivity contribution in [3.8, 4) is 0 Å². The first-order valence-corrected chi connectivity index (χ1v) is 4.50. The molecule has 1 heterocycles. The molecule has 0 aliphatic carbocycles. The highest BCUT2D eigenvalue weighted by Crippen LogP contribution is 2.14. The monoisotopic (exact) mass is 210 g/mol. The third kappa shape index (κ3) is 1.16. The maximum absolute atomic E-state index is 3.94. The number of halogens is 1. The Morgan fingerprint density at radius 3 is 3.18 bits per heavy atom. The third-order valence-electron chi connectivity index (χ3n) is 1.66. The zero-order valence-corrected chi connectivity index (χ0v) is 7.43. The fourth-order valence-corrected chi connectivity index (χ4v) is 1.42. The molecule has 56 valence electrons. The number of hydrogen-bond acceptors (Lipinski definition) is 1. The summed E-state index contributed by atoms with van der Waals surface area (Å²) >= 11 is 3.40. The first-order chi connectivity index (χ1) is 5.40. The van der Waals surface area contributed by atoms with Gasteiger partial charge in [0.25, 0.3) is 0 Å². The van der Waals surface area contributed by atoms with Crippen molar-refractivity contribution in [1.29, 1.82) is 0 Å². The van der Waals surface area contributed by atoms with E-state index in [1.165, 1.54) is 5.56 Å². The van der Waals surface area contributed by atoms with E-state index in [-0.39, 0.29) is 0 Å². The standard InChI is InChI=1S/C8H7BrN2/c9-4-6-1-2-7-5-10-11-8(7)3-6/h1-3,5H,4H2,(H,10,11). The molecule has 0 radical (unpaired) electrons. The minimum atomic E-state index is 0.891. The van der Waals surface area contributed by atoms with E-state index in [1.807, 2.05) is 6.20 Å². The molecule has 0 bridgehead atoms. The van der Waals surface area contributed by atoms with Gasteiger partial charge in [0, 0.05) is 10.7 Å². The van der Waals surface area contributed by atoms with E-state index in [4.69, 9.17) is 0 Å². The zero-order valence-electron chi connectivity index (χ0n) is 5.84. The van der Waals surface area contributed by atoms with E-state index in [0.29, 0.717) is 0 Å². The minimum absolute atomic E-state index is 0.891. The Labute approximate surface area is 72.7 Å². The molecule has 2 nitrogen and oxygen atoms in total. The molecule has 3 heteroatoms. The summed E-state index contributed by atoms with van der Waals surface area (Å²) in [6, 6.07) is 6.25. The molecular weight excluding hydrogens is 204 g/mol. The van der Waals surface area contributed by atoms with Crippen molar-refractivity contribution in [1.82, 2.24) is 10.2 Å². The Balaban J connectivity index is 2.67. The summed E-state index contributed by atoms with van der Waals surface area (Å²) in [6.07, 6.45) is 1.83. The maximum Gasteiger partial charge on any atom is 0.0653 e. The molecule has 1 aromatic heterocycles. The Morgan fingerprint density at radius 2 is 2.36 bits per heavy atom. The molecule has 2 rings (SSSR count). The summed E-state index contributed by atoms with van der Waals surface area (Å²) in [5.74, 6) is 0. The van der Waals surface area contributed by atoms with Crippen LogP contribution in [-0.4, -0.2) is 10.2 Å². The van der Waals surface area contributed by atoms with Gasteiger partial charge in [-0.05, 0) is 11.6 Å². The van der Waals surface area contributed by atoms with Crippen molar-refractivity contribution in [2.24, 2.45) is 0 Å². The van der Waals surface area contributed by atoms with Gasteiger partial charge in [-0.2, -0.15) is 5.10 Å². The summed E-state index contributed by atoms with van der Waals surface area (Å²) < 4.78 is 0. The van der Waals surface area contributed by atoms with Crippen LogP contribution in [0.3, 0.4) is 0 Å². The lowest BCUT2D eigenvalue weighted by Gasteiger charge is -1.93. The molecule has 0 saturated heterocycles. The Hall–Kier alpha value is -0.830. The van der Waals surface area contributed by atoms with Crippen LogP contribution in [0.15, 0.2) is 24.4 Å². The molecule has 2 aromatic rings. The van der Waals surface area contributed by atoms with E-state index in [9.17, 15) is 0 Å². The van der Waals surface area contributed by atoms with Crippen molar-refractivity contribution in [2.75, 3.05) is 0 Å². The molecule has 0 aliphatic heterocycles. The summed E-state index contributed by atoms with van der Waals surface area (Å²) in [5, 5.41) is 8.91. The van der Waals surface area contributed by atoms with Crippen molar-refractivity contribution in [3.63, 3.8) is 0 Å². The molecule has 0 fully saturated rings. The molecule has 0 atom stereocenters. The van der Waals surface area contributed by atoms with Crippen molar-refractivity contribution < 1.29 is 0 Å². The number of aromatic amines is 1. The Bertz CT molecular complexity index is 367. The normalized spacial score (nSPS) is 10.6. The molecule has 0 aliphatic rings. The summed E-state index contributed by atoms with van der Waals surface area (Å²) in [4.78, 5) is 0. The Kier molecular flexibility index (Phi) is 1.66. The number of H-pyrrole nitrogens is 1. The van der Waals surface area contributed by atoms with Crippen LogP contribution in [0, 0.1) is 0 Å². The predicted octanol–water partition coefficient (Wildman–Crippen LogP) is 2.46. The second-order valence-corrected chi connectivity index (χ2v) is 2.99. The fourth-order valence-electron chi connectivity index (χ4n) is 1.07. The smallest absolute Gasteiger partial charge is 0.0653 e. The van der Waals surface area contributed by atoms with Crippen LogP contribution in [0.1, 0.15) is 5.56 Å². The average molecular weight is 211 g/mol. The second kappa shape index (κ2) is 2.66. The van der Waals surface area contributed by atoms with Gasteiger partial charge in [0.1, 0.15) is 0 Å². The first-order valence-electron chi connectivity index (χ1n) is 3.38. The lowest BCUT2D eigenvalue weighted by Crippen LogP contribution is -1.75. The van der Waals surface area contributed by atoms with Gasteiger partial charge in [-0.25, -0.2) is 0 Å². The zero-order chi connectivity index (χ0) is 7.68. The van der Waals surface area contributed by atoms with Crippen LogP contribution in [0.2, 0.25) is 0 Å². The quantitative estimate of drug-likeness (QED) is 0.721. The summed E-state index contributed by atoms with van der Waals surface area (Å²) in [5.41, 5.74) is 2.36. The molecule has 1 N–H and O–H groups in total. The highest BCUT2D eigenvalue weighted by molar-refractivity contribution is 9.08. The minimum Gasteiger partial charge on any atom is -0.278 e. The largest absolute Gasteiger partial charge is 0.278 e. The van der Waals surface area contributed by atoms with Crippen molar-refractivity contribution in [3.05, 3.63) is 30.0 Å². The number of benzene rings is 1. The molecule has 11 heavy (non-hydrogen) atoms. The van der Waals surface area contributed by atoms with Gasteiger partial charge in [-0.1, -0.05) is 28.1 Å². The van der Waals surface area contributed by atoms with E-state index in [2.05, 4.69) is 44.3 Å². The van der Waals surface area contributed by atoms with Crippen LogP contribution in [0.5, 0.6) is 0 Å². The van der Waals surface area contributed by atoms with Gasteiger partial charge in [-0.15, -0.1) is 0 Å². The van der Waals surface area contributed by atoms with Gasteiger partial charge < -0.3 is 0 Å². The lowest BCUT2D eigenvalue weighted by molar-refractivity contribution is 1.12. The van der Waals surface area contributed by atoms with E-state index < -0.39 is 0 Å². The number of rotatable bonds is 1. The molecule has 0 spiro atoms. The predicted molar refractivity (Wildman–Crippen MR) is 48.7 cm³/mol. The SMILES string of the molecule is BrCc1ccc2cn[nH]c2c1. The van der Waals surface area contributed by atoms with E-state index >= 15 is 0 Å². The van der Waals surface area contributed by atoms with Crippen LogP contribution in [0.25, 0.3) is 10.9 Å². The van der Waals surface area contributed by atoms with Gasteiger partial charge in [-0.3, -0.25) is 5.10 Å². The highest BCUT2D eigenvalue weighted by atomic mass is 79.9. The van der Waals surface area contributed by atoms with Gasteiger partial charge >= 0.3 is 0 Å². The lowest BCUT2D eigenvalue weighted by atomic mass is 10.2. The van der Waals surface area contributed by atoms with Crippen LogP contribution >= 0.6 is 15.9 Å². The van der Waals surface area contributed by atoms with Gasteiger partial charge in [0.15, 0.2) is 0 Å². The molecule has 0 amide bonds. The van der Waals surface area contributed by atoms with Gasteiger partial charge in [0.05, 0.1) is 11.7 Å². The third-order valence-corrected chi connectivity index (χ3v) is 2.31. The van der Waals surface area contributed by atoms with E-state index in [0.717, 1.165) is 16.2 Å². The summed E-state index contributed by atoms with van der Waals surface area (Å²) in [7, 11) is 0. The van der Waals surface area contributed by atoms with Crippen LogP contribution in [0.4, 0.5) is 0 Å². The molecular formula is C8H7BrN2. The first kappa shape index (κ1) is 6.85. The maximum atomic E-state index is 3.94. The van der Waals surface area contributed by atoms with Crippen LogP contribution in [-0.2, 0) is 5.33 Å². The summed E-state index contributed by atoms with van der Waals surface area (Å²) in [6.45, 7) is 0. The topological polar surface area (TPSA) is 28.7 Å². The van der Waals surface area contributed by atoms with Crippen molar-refractivity contribution in [2.45, 2.75) is 5.33 Å². The molecule has 0 unspecified atom stereocenters. The van der Waals surface area contributed by atoms with E-state index in [1.54, 1.807) is 0 Å². The number of aromatic nitrogens is 2. The number of nitrogens with one attached hydrogen (secondary N) is 1.